The fourth-order valence-electron chi connectivity index (χ4n) is 2.31. The first-order valence-electron chi connectivity index (χ1n) is 7.54. The summed E-state index contributed by atoms with van der Waals surface area (Å²) in [5.41, 5.74) is 0. The van der Waals surface area contributed by atoms with Gasteiger partial charge in [0, 0.05) is 5.39 Å². The van der Waals surface area contributed by atoms with Crippen LogP contribution in [-0.2, 0) is 0 Å². The Kier molecular flexibility index (Phi) is 4.59. The molecule has 0 spiro atoms. The van der Waals surface area contributed by atoms with E-state index in [1.165, 1.54) is 5.39 Å². The van der Waals surface area contributed by atoms with Crippen molar-refractivity contribution in [2.45, 2.75) is 12.8 Å². The molecule has 0 heterocycles. The van der Waals surface area contributed by atoms with E-state index in [4.69, 9.17) is 9.47 Å². The lowest BCUT2D eigenvalue weighted by Gasteiger charge is -2.10. The van der Waals surface area contributed by atoms with Gasteiger partial charge in [-0.25, -0.2) is 0 Å². The van der Waals surface area contributed by atoms with Crippen molar-refractivity contribution in [1.29, 1.82) is 0 Å². The van der Waals surface area contributed by atoms with E-state index in [0.717, 1.165) is 35.5 Å². The summed E-state index contributed by atoms with van der Waals surface area (Å²) in [6.07, 6.45) is 1.86. The topological polar surface area (TPSA) is 18.5 Å². The van der Waals surface area contributed by atoms with Crippen molar-refractivity contribution in [3.63, 3.8) is 0 Å². The highest BCUT2D eigenvalue weighted by Crippen LogP contribution is 2.30. The van der Waals surface area contributed by atoms with Crippen molar-refractivity contribution >= 4 is 10.8 Å². The lowest BCUT2D eigenvalue weighted by molar-refractivity contribution is 0.311. The number of unbranched alkanes of at least 4 members (excludes halogenated alkanes) is 1. The van der Waals surface area contributed by atoms with Gasteiger partial charge in [-0.15, -0.1) is 0 Å². The first-order chi connectivity index (χ1) is 10.9. The van der Waals surface area contributed by atoms with Gasteiger partial charge in [0.15, 0.2) is 0 Å². The Hall–Kier alpha value is -2.48. The molecule has 1 radical (unpaired) electrons. The van der Waals surface area contributed by atoms with Crippen LogP contribution in [0.25, 0.3) is 10.8 Å². The molecule has 3 aromatic rings. The van der Waals surface area contributed by atoms with Crippen LogP contribution in [-0.4, -0.2) is 6.61 Å². The molecule has 0 saturated carbocycles. The van der Waals surface area contributed by atoms with E-state index < -0.39 is 0 Å². The van der Waals surface area contributed by atoms with E-state index in [-0.39, 0.29) is 0 Å². The van der Waals surface area contributed by atoms with Crippen LogP contribution in [0.4, 0.5) is 0 Å². The van der Waals surface area contributed by atoms with Crippen molar-refractivity contribution in [3.05, 3.63) is 73.7 Å². The smallest absolute Gasteiger partial charge is 0.135 e. The minimum atomic E-state index is 0.701. The van der Waals surface area contributed by atoms with Gasteiger partial charge in [-0.2, -0.15) is 0 Å². The molecule has 0 unspecified atom stereocenters. The third-order valence-corrected chi connectivity index (χ3v) is 3.46. The van der Waals surface area contributed by atoms with Gasteiger partial charge >= 0.3 is 0 Å². The van der Waals surface area contributed by atoms with Gasteiger partial charge in [0.2, 0.25) is 0 Å². The van der Waals surface area contributed by atoms with Crippen LogP contribution in [0.5, 0.6) is 17.2 Å². The zero-order valence-corrected chi connectivity index (χ0v) is 12.5. The second-order valence-corrected chi connectivity index (χ2v) is 5.11. The maximum atomic E-state index is 6.01. The third kappa shape index (κ3) is 3.40. The fraction of sp³-hybridized carbons (Fsp3) is 0.150. The van der Waals surface area contributed by atoms with Gasteiger partial charge in [0.05, 0.1) is 6.61 Å². The van der Waals surface area contributed by atoms with Crippen LogP contribution in [0.3, 0.4) is 0 Å². The number of benzene rings is 3. The standard InChI is InChI=1S/C20H19O2/c1-2-3-15-21-17-11-13-18(14-12-17)22-20-10-6-8-16-7-4-5-9-19(16)20/h4-14H,1-3,15H2. The molecule has 22 heavy (non-hydrogen) atoms. The molecule has 0 atom stereocenters. The van der Waals surface area contributed by atoms with E-state index in [2.05, 4.69) is 25.1 Å². The van der Waals surface area contributed by atoms with Crippen molar-refractivity contribution in [2.24, 2.45) is 0 Å². The average Bonchev–Trinajstić information content (AvgIpc) is 2.57. The van der Waals surface area contributed by atoms with E-state index in [9.17, 15) is 0 Å². The van der Waals surface area contributed by atoms with E-state index in [1.54, 1.807) is 0 Å². The van der Waals surface area contributed by atoms with Crippen molar-refractivity contribution in [3.8, 4) is 17.2 Å². The highest BCUT2D eigenvalue weighted by Gasteiger charge is 2.03. The summed E-state index contributed by atoms with van der Waals surface area (Å²) in [5, 5.41) is 2.29. The molecule has 0 saturated heterocycles. The number of fused-ring (bicyclic) bond motifs is 1. The summed E-state index contributed by atoms with van der Waals surface area (Å²) >= 11 is 0. The number of rotatable bonds is 6. The van der Waals surface area contributed by atoms with Gasteiger partial charge in [-0.05, 0) is 42.1 Å². The summed E-state index contributed by atoms with van der Waals surface area (Å²) in [7, 11) is 0. The van der Waals surface area contributed by atoms with E-state index in [0.29, 0.717) is 6.61 Å². The molecular formula is C20H19O2. The molecule has 0 aliphatic heterocycles. The minimum Gasteiger partial charge on any atom is -0.494 e. The van der Waals surface area contributed by atoms with Crippen LogP contribution in [0.1, 0.15) is 12.8 Å². The van der Waals surface area contributed by atoms with Crippen LogP contribution < -0.4 is 9.47 Å². The summed E-state index contributed by atoms with van der Waals surface area (Å²) < 4.78 is 11.6. The van der Waals surface area contributed by atoms with Gasteiger partial charge < -0.3 is 9.47 Å². The van der Waals surface area contributed by atoms with Crippen LogP contribution >= 0.6 is 0 Å². The quantitative estimate of drug-likeness (QED) is 0.548. The molecule has 0 bridgehead atoms. The van der Waals surface area contributed by atoms with Crippen molar-refractivity contribution < 1.29 is 9.47 Å². The molecule has 3 aromatic carbocycles. The second-order valence-electron chi connectivity index (χ2n) is 5.11. The Bertz CT molecular complexity index is 727. The highest BCUT2D eigenvalue weighted by atomic mass is 16.5. The fourth-order valence-corrected chi connectivity index (χ4v) is 2.31. The molecule has 2 heteroatoms. The molecule has 0 fully saturated rings. The first-order valence-corrected chi connectivity index (χ1v) is 7.54. The maximum Gasteiger partial charge on any atom is 0.135 e. The minimum absolute atomic E-state index is 0.701. The Labute approximate surface area is 131 Å². The van der Waals surface area contributed by atoms with Crippen LogP contribution in [0.2, 0.25) is 0 Å². The molecule has 0 aromatic heterocycles. The SMILES string of the molecule is [CH2]CCCOc1ccc(Oc2cccc3ccccc23)cc1. The molecule has 0 amide bonds. The summed E-state index contributed by atoms with van der Waals surface area (Å²) in [6.45, 7) is 4.50. The lowest BCUT2D eigenvalue weighted by atomic mass is 10.1. The Morgan fingerprint density at radius 2 is 1.50 bits per heavy atom. The maximum absolute atomic E-state index is 6.01. The first kappa shape index (κ1) is 14.5. The Morgan fingerprint density at radius 3 is 2.32 bits per heavy atom. The normalized spacial score (nSPS) is 10.6. The molecule has 0 aliphatic rings. The van der Waals surface area contributed by atoms with Crippen LogP contribution in [0.15, 0.2) is 66.7 Å². The van der Waals surface area contributed by atoms with Gasteiger partial charge in [-0.1, -0.05) is 49.7 Å². The van der Waals surface area contributed by atoms with Crippen molar-refractivity contribution in [2.75, 3.05) is 6.61 Å². The Morgan fingerprint density at radius 1 is 0.773 bits per heavy atom. The number of ether oxygens (including phenoxy) is 2. The van der Waals surface area contributed by atoms with Crippen LogP contribution in [0, 0.1) is 6.92 Å². The molecule has 0 aliphatic carbocycles. The second kappa shape index (κ2) is 6.99. The molecule has 0 N–H and O–H groups in total. The molecule has 3 rings (SSSR count). The largest absolute Gasteiger partial charge is 0.494 e. The molecule has 2 nitrogen and oxygen atoms in total. The Balaban J connectivity index is 1.75. The molecular weight excluding hydrogens is 272 g/mol. The summed E-state index contributed by atoms with van der Waals surface area (Å²) in [6, 6.07) is 22.0. The predicted molar refractivity (Wildman–Crippen MR) is 90.6 cm³/mol. The van der Waals surface area contributed by atoms with E-state index >= 15 is 0 Å². The molecule has 111 valence electrons. The average molecular weight is 291 g/mol. The summed E-state index contributed by atoms with van der Waals surface area (Å²) in [5.74, 6) is 2.53. The van der Waals surface area contributed by atoms with Crippen molar-refractivity contribution in [1.82, 2.24) is 0 Å². The third-order valence-electron chi connectivity index (χ3n) is 3.46. The lowest BCUT2D eigenvalue weighted by Crippen LogP contribution is -1.96. The summed E-state index contributed by atoms with van der Waals surface area (Å²) in [4.78, 5) is 0. The zero-order valence-electron chi connectivity index (χ0n) is 12.5. The van der Waals surface area contributed by atoms with E-state index in [1.807, 2.05) is 48.5 Å². The van der Waals surface area contributed by atoms with Gasteiger partial charge in [-0.3, -0.25) is 0 Å². The monoisotopic (exact) mass is 291 g/mol. The predicted octanol–water partition coefficient (Wildman–Crippen LogP) is 5.63. The highest BCUT2D eigenvalue weighted by molar-refractivity contribution is 5.88. The van der Waals surface area contributed by atoms with Gasteiger partial charge in [0.25, 0.3) is 0 Å². The zero-order chi connectivity index (χ0) is 15.2. The number of hydrogen-bond donors (Lipinski definition) is 0. The number of hydrogen-bond acceptors (Lipinski definition) is 2. The van der Waals surface area contributed by atoms with Gasteiger partial charge in [0.1, 0.15) is 17.2 Å².